The molecule has 0 radical (unpaired) electrons. The number of hydrogen-bond acceptors (Lipinski definition) is 3. The molecule has 0 aromatic heterocycles. The third-order valence-corrected chi connectivity index (χ3v) is 4.85. The first-order valence-corrected chi connectivity index (χ1v) is 7.83. The molecule has 1 saturated heterocycles. The fourth-order valence-corrected chi connectivity index (χ4v) is 3.35. The molecule has 1 aliphatic carbocycles. The molecule has 1 atom stereocenters. The summed E-state index contributed by atoms with van der Waals surface area (Å²) in [5.41, 5.74) is 0. The van der Waals surface area contributed by atoms with Gasteiger partial charge in [-0.05, 0) is 38.0 Å². The van der Waals surface area contributed by atoms with Gasteiger partial charge in [0.1, 0.15) is 0 Å². The summed E-state index contributed by atoms with van der Waals surface area (Å²) < 4.78 is 0. The Morgan fingerprint density at radius 2 is 1.67 bits per heavy atom. The van der Waals surface area contributed by atoms with Crippen molar-refractivity contribution in [2.45, 2.75) is 58.1 Å². The van der Waals surface area contributed by atoms with Crippen LogP contribution in [-0.2, 0) is 0 Å². The Balaban J connectivity index is 1.70. The standard InChI is InChI=1S/C15H30N2O/c1-3-15(18)12-16-8-10-17(11-9-16)14-6-4-13(2)5-7-14/h13-15,18H,3-12H2,1-2H3. The van der Waals surface area contributed by atoms with E-state index in [1.165, 1.54) is 38.8 Å². The van der Waals surface area contributed by atoms with Crippen molar-refractivity contribution in [1.29, 1.82) is 0 Å². The number of aliphatic hydroxyl groups excluding tert-OH is 1. The van der Waals surface area contributed by atoms with Gasteiger partial charge in [0.2, 0.25) is 0 Å². The average Bonchev–Trinajstić information content (AvgIpc) is 2.40. The fourth-order valence-electron chi connectivity index (χ4n) is 3.35. The lowest BCUT2D eigenvalue weighted by Crippen LogP contribution is -2.52. The zero-order valence-corrected chi connectivity index (χ0v) is 12.1. The second-order valence-electron chi connectivity index (χ2n) is 6.31. The minimum absolute atomic E-state index is 0.132. The van der Waals surface area contributed by atoms with Crippen LogP contribution in [0, 0.1) is 5.92 Å². The fraction of sp³-hybridized carbons (Fsp3) is 1.00. The Morgan fingerprint density at radius 1 is 1.06 bits per heavy atom. The monoisotopic (exact) mass is 254 g/mol. The molecular weight excluding hydrogens is 224 g/mol. The van der Waals surface area contributed by atoms with E-state index in [0.29, 0.717) is 0 Å². The summed E-state index contributed by atoms with van der Waals surface area (Å²) in [6.45, 7) is 10.0. The Labute approximate surface area is 112 Å². The van der Waals surface area contributed by atoms with Crippen LogP contribution in [0.1, 0.15) is 46.0 Å². The largest absolute Gasteiger partial charge is 0.392 e. The molecule has 1 heterocycles. The molecule has 1 N–H and O–H groups in total. The number of piperazine rings is 1. The van der Waals surface area contributed by atoms with Gasteiger partial charge in [0.15, 0.2) is 0 Å². The van der Waals surface area contributed by atoms with Crippen LogP contribution >= 0.6 is 0 Å². The molecule has 0 aromatic rings. The normalized spacial score (nSPS) is 33.5. The number of aliphatic hydroxyl groups is 1. The third kappa shape index (κ3) is 3.94. The molecule has 3 heteroatoms. The van der Waals surface area contributed by atoms with Crippen molar-refractivity contribution >= 4 is 0 Å². The van der Waals surface area contributed by atoms with Gasteiger partial charge in [-0.3, -0.25) is 9.80 Å². The molecule has 0 aromatic carbocycles. The van der Waals surface area contributed by atoms with Gasteiger partial charge in [0.05, 0.1) is 6.10 Å². The van der Waals surface area contributed by atoms with Gasteiger partial charge >= 0.3 is 0 Å². The van der Waals surface area contributed by atoms with E-state index in [-0.39, 0.29) is 6.10 Å². The van der Waals surface area contributed by atoms with E-state index in [1.54, 1.807) is 0 Å². The summed E-state index contributed by atoms with van der Waals surface area (Å²) in [4.78, 5) is 5.12. The van der Waals surface area contributed by atoms with Crippen LogP contribution in [0.3, 0.4) is 0 Å². The van der Waals surface area contributed by atoms with E-state index in [4.69, 9.17) is 0 Å². The molecule has 1 unspecified atom stereocenters. The molecule has 2 rings (SSSR count). The molecule has 2 aliphatic rings. The maximum absolute atomic E-state index is 9.70. The van der Waals surface area contributed by atoms with Crippen LogP contribution < -0.4 is 0 Å². The zero-order chi connectivity index (χ0) is 13.0. The van der Waals surface area contributed by atoms with Crippen LogP contribution in [-0.4, -0.2) is 59.8 Å². The highest BCUT2D eigenvalue weighted by Crippen LogP contribution is 2.27. The van der Waals surface area contributed by atoms with Crippen molar-refractivity contribution in [1.82, 2.24) is 9.80 Å². The predicted molar refractivity (Wildman–Crippen MR) is 75.7 cm³/mol. The maximum atomic E-state index is 9.70. The highest BCUT2D eigenvalue weighted by molar-refractivity contribution is 4.82. The summed E-state index contributed by atoms with van der Waals surface area (Å²) in [5, 5.41) is 9.70. The van der Waals surface area contributed by atoms with Crippen molar-refractivity contribution in [3.63, 3.8) is 0 Å². The van der Waals surface area contributed by atoms with E-state index in [2.05, 4.69) is 23.6 Å². The summed E-state index contributed by atoms with van der Waals surface area (Å²) in [5.74, 6) is 0.947. The van der Waals surface area contributed by atoms with E-state index in [1.807, 2.05) is 0 Å². The summed E-state index contributed by atoms with van der Waals surface area (Å²) in [6.07, 6.45) is 6.38. The molecule has 1 aliphatic heterocycles. The van der Waals surface area contributed by atoms with Gasteiger partial charge in [-0.1, -0.05) is 13.8 Å². The molecule has 0 amide bonds. The first kappa shape index (κ1) is 14.3. The van der Waals surface area contributed by atoms with Gasteiger partial charge < -0.3 is 5.11 Å². The van der Waals surface area contributed by atoms with Gasteiger partial charge in [-0.15, -0.1) is 0 Å². The predicted octanol–water partition coefficient (Wildman–Crippen LogP) is 1.95. The third-order valence-electron chi connectivity index (χ3n) is 4.85. The maximum Gasteiger partial charge on any atom is 0.0664 e. The first-order chi connectivity index (χ1) is 8.69. The van der Waals surface area contributed by atoms with E-state index in [9.17, 15) is 5.11 Å². The molecule has 106 valence electrons. The van der Waals surface area contributed by atoms with E-state index >= 15 is 0 Å². The smallest absolute Gasteiger partial charge is 0.0664 e. The summed E-state index contributed by atoms with van der Waals surface area (Å²) in [6, 6.07) is 0.847. The minimum Gasteiger partial charge on any atom is -0.392 e. The lowest BCUT2D eigenvalue weighted by atomic mass is 9.86. The van der Waals surface area contributed by atoms with Crippen molar-refractivity contribution in [2.24, 2.45) is 5.92 Å². The van der Waals surface area contributed by atoms with Crippen molar-refractivity contribution in [3.8, 4) is 0 Å². The number of rotatable bonds is 4. The summed E-state index contributed by atoms with van der Waals surface area (Å²) in [7, 11) is 0. The Morgan fingerprint density at radius 3 is 2.22 bits per heavy atom. The van der Waals surface area contributed by atoms with Crippen LogP contribution in [0.2, 0.25) is 0 Å². The number of β-amino-alcohol motifs (C(OH)–C–C–N with tert-alkyl or cyclic N) is 1. The van der Waals surface area contributed by atoms with Crippen LogP contribution in [0.25, 0.3) is 0 Å². The van der Waals surface area contributed by atoms with Crippen molar-refractivity contribution in [3.05, 3.63) is 0 Å². The van der Waals surface area contributed by atoms with Crippen LogP contribution in [0.15, 0.2) is 0 Å². The average molecular weight is 254 g/mol. The zero-order valence-electron chi connectivity index (χ0n) is 12.1. The van der Waals surface area contributed by atoms with Gasteiger partial charge in [-0.25, -0.2) is 0 Å². The van der Waals surface area contributed by atoms with Crippen molar-refractivity contribution in [2.75, 3.05) is 32.7 Å². The Kier molecular flexibility index (Phi) is 5.46. The van der Waals surface area contributed by atoms with E-state index < -0.39 is 0 Å². The lowest BCUT2D eigenvalue weighted by Gasteiger charge is -2.42. The van der Waals surface area contributed by atoms with E-state index in [0.717, 1.165) is 38.0 Å². The topological polar surface area (TPSA) is 26.7 Å². The second-order valence-corrected chi connectivity index (χ2v) is 6.31. The van der Waals surface area contributed by atoms with Gasteiger partial charge in [0.25, 0.3) is 0 Å². The number of hydrogen-bond donors (Lipinski definition) is 1. The molecular formula is C15H30N2O. The quantitative estimate of drug-likeness (QED) is 0.831. The molecule has 18 heavy (non-hydrogen) atoms. The summed E-state index contributed by atoms with van der Waals surface area (Å²) >= 11 is 0. The second kappa shape index (κ2) is 6.88. The molecule has 3 nitrogen and oxygen atoms in total. The lowest BCUT2D eigenvalue weighted by molar-refractivity contribution is 0.0433. The Hall–Kier alpha value is -0.120. The molecule has 0 spiro atoms. The van der Waals surface area contributed by atoms with Gasteiger partial charge in [0, 0.05) is 38.8 Å². The van der Waals surface area contributed by atoms with Crippen molar-refractivity contribution < 1.29 is 5.11 Å². The Bertz CT molecular complexity index is 231. The van der Waals surface area contributed by atoms with Gasteiger partial charge in [-0.2, -0.15) is 0 Å². The molecule has 2 fully saturated rings. The molecule has 1 saturated carbocycles. The number of nitrogens with zero attached hydrogens (tertiary/aromatic N) is 2. The van der Waals surface area contributed by atoms with Crippen LogP contribution in [0.5, 0.6) is 0 Å². The highest BCUT2D eigenvalue weighted by atomic mass is 16.3. The highest BCUT2D eigenvalue weighted by Gasteiger charge is 2.27. The SMILES string of the molecule is CCC(O)CN1CCN(C2CCC(C)CC2)CC1. The minimum atomic E-state index is -0.132. The van der Waals surface area contributed by atoms with Crippen LogP contribution in [0.4, 0.5) is 0 Å². The first-order valence-electron chi connectivity index (χ1n) is 7.83. The molecule has 0 bridgehead atoms.